The van der Waals surface area contributed by atoms with Crippen molar-refractivity contribution in [2.75, 3.05) is 12.8 Å². The normalized spacial score (nSPS) is 11.0. The second-order valence-electron chi connectivity index (χ2n) is 4.73. The van der Waals surface area contributed by atoms with Crippen LogP contribution in [0.2, 0.25) is 0 Å². The zero-order valence-electron chi connectivity index (χ0n) is 11.9. The predicted molar refractivity (Wildman–Crippen MR) is 85.5 cm³/mol. The Morgan fingerprint density at radius 3 is 2.90 bits per heavy atom. The molecule has 3 aromatic rings. The molecule has 2 heterocycles. The summed E-state index contributed by atoms with van der Waals surface area (Å²) in [5, 5.41) is 5.22. The number of methoxy groups -OCH3 is 1. The fourth-order valence-electron chi connectivity index (χ4n) is 2.08. The molecule has 0 saturated heterocycles. The predicted octanol–water partition coefficient (Wildman–Crippen LogP) is 2.85. The van der Waals surface area contributed by atoms with Gasteiger partial charge in [0.2, 0.25) is 0 Å². The first-order valence-electron chi connectivity index (χ1n) is 6.50. The van der Waals surface area contributed by atoms with Gasteiger partial charge in [0.1, 0.15) is 11.6 Å². The van der Waals surface area contributed by atoms with E-state index in [1.165, 1.54) is 0 Å². The van der Waals surface area contributed by atoms with Crippen molar-refractivity contribution in [3.8, 4) is 5.75 Å². The fraction of sp³-hybridized carbons (Fsp3) is 0.200. The number of fused-ring (bicyclic) bond motifs is 1. The minimum atomic E-state index is 0.562. The van der Waals surface area contributed by atoms with E-state index in [1.807, 2.05) is 37.6 Å². The van der Waals surface area contributed by atoms with Crippen LogP contribution in [0.25, 0.3) is 10.9 Å². The smallest absolute Gasteiger partial charge is 0.128 e. The van der Waals surface area contributed by atoms with Gasteiger partial charge in [-0.3, -0.25) is 4.68 Å². The highest BCUT2D eigenvalue weighted by atomic mass is 32.2. The average Bonchev–Trinajstić information content (AvgIpc) is 2.90. The van der Waals surface area contributed by atoms with E-state index in [4.69, 9.17) is 10.5 Å². The van der Waals surface area contributed by atoms with Crippen LogP contribution in [0.5, 0.6) is 5.75 Å². The fourth-order valence-corrected chi connectivity index (χ4v) is 2.98. The summed E-state index contributed by atoms with van der Waals surface area (Å²) in [5.41, 5.74) is 7.94. The molecule has 2 aromatic heterocycles. The summed E-state index contributed by atoms with van der Waals surface area (Å²) in [4.78, 5) is 5.58. The molecule has 0 radical (unpaired) electrons. The third kappa shape index (κ3) is 2.95. The molecule has 0 bridgehead atoms. The first-order chi connectivity index (χ1) is 10.2. The minimum Gasteiger partial charge on any atom is -0.497 e. The third-order valence-electron chi connectivity index (χ3n) is 3.21. The molecule has 5 nitrogen and oxygen atoms in total. The molecular weight excluding hydrogens is 284 g/mol. The molecule has 0 amide bonds. The number of nitrogen functional groups attached to an aromatic ring is 1. The monoisotopic (exact) mass is 300 g/mol. The van der Waals surface area contributed by atoms with Crippen LogP contribution in [-0.2, 0) is 12.8 Å². The van der Waals surface area contributed by atoms with Gasteiger partial charge in [-0.25, -0.2) is 4.98 Å². The van der Waals surface area contributed by atoms with E-state index in [2.05, 4.69) is 16.1 Å². The molecule has 21 heavy (non-hydrogen) atoms. The first kappa shape index (κ1) is 13.8. The van der Waals surface area contributed by atoms with Crippen LogP contribution in [-0.4, -0.2) is 21.9 Å². The lowest BCUT2D eigenvalue weighted by Crippen LogP contribution is -1.97. The number of nitrogens with two attached hydrogens (primary N) is 1. The highest BCUT2D eigenvalue weighted by Crippen LogP contribution is 2.28. The van der Waals surface area contributed by atoms with Gasteiger partial charge >= 0.3 is 0 Å². The maximum atomic E-state index is 6.06. The summed E-state index contributed by atoms with van der Waals surface area (Å²) in [6, 6.07) is 7.90. The van der Waals surface area contributed by atoms with Crippen molar-refractivity contribution < 1.29 is 4.74 Å². The summed E-state index contributed by atoms with van der Waals surface area (Å²) >= 11 is 1.70. The molecule has 0 atom stereocenters. The topological polar surface area (TPSA) is 66.0 Å². The molecule has 3 rings (SSSR count). The highest BCUT2D eigenvalue weighted by molar-refractivity contribution is 7.98. The summed E-state index contributed by atoms with van der Waals surface area (Å²) in [6.45, 7) is 0. The van der Waals surface area contributed by atoms with Crippen molar-refractivity contribution in [3.05, 3.63) is 42.2 Å². The van der Waals surface area contributed by atoms with Crippen LogP contribution in [0.4, 0.5) is 5.82 Å². The van der Waals surface area contributed by atoms with Crippen LogP contribution in [0.15, 0.2) is 41.6 Å². The number of thioether (sulfide) groups is 1. The summed E-state index contributed by atoms with van der Waals surface area (Å²) in [7, 11) is 3.55. The number of benzene rings is 1. The number of hydrogen-bond donors (Lipinski definition) is 1. The molecule has 0 spiro atoms. The Labute approximate surface area is 127 Å². The van der Waals surface area contributed by atoms with Crippen LogP contribution in [0.3, 0.4) is 0 Å². The zero-order chi connectivity index (χ0) is 14.8. The van der Waals surface area contributed by atoms with Crippen LogP contribution < -0.4 is 10.5 Å². The molecule has 6 heteroatoms. The summed E-state index contributed by atoms with van der Waals surface area (Å²) in [5.74, 6) is 2.12. The number of nitrogens with zero attached hydrogens (tertiary/aromatic N) is 3. The molecule has 0 aliphatic rings. The quantitative estimate of drug-likeness (QED) is 0.751. The van der Waals surface area contributed by atoms with Gasteiger partial charge in [0.05, 0.1) is 18.8 Å². The standard InChI is InChI=1S/C15H16N4OS/c1-19-8-13(7-17-19)21-9-11-5-10-3-4-12(20-2)6-14(10)18-15(11)16/h3-8H,9H2,1-2H3,(H2,16,18). The van der Waals surface area contributed by atoms with Gasteiger partial charge in [0, 0.05) is 40.9 Å². The van der Waals surface area contributed by atoms with Crippen LogP contribution >= 0.6 is 11.8 Å². The number of pyridine rings is 1. The first-order valence-corrected chi connectivity index (χ1v) is 7.49. The molecular formula is C15H16N4OS. The molecule has 108 valence electrons. The summed E-state index contributed by atoms with van der Waals surface area (Å²) < 4.78 is 6.99. The maximum absolute atomic E-state index is 6.06. The Morgan fingerprint density at radius 1 is 1.33 bits per heavy atom. The van der Waals surface area contributed by atoms with E-state index < -0.39 is 0 Å². The average molecular weight is 300 g/mol. The van der Waals surface area contributed by atoms with Crippen molar-refractivity contribution in [2.24, 2.45) is 7.05 Å². The third-order valence-corrected chi connectivity index (χ3v) is 4.21. The summed E-state index contributed by atoms with van der Waals surface area (Å²) in [6.07, 6.45) is 3.83. The molecule has 2 N–H and O–H groups in total. The Hall–Kier alpha value is -2.21. The van der Waals surface area contributed by atoms with E-state index in [1.54, 1.807) is 23.6 Å². The Morgan fingerprint density at radius 2 is 2.19 bits per heavy atom. The van der Waals surface area contributed by atoms with Gasteiger partial charge in [-0.2, -0.15) is 5.10 Å². The largest absolute Gasteiger partial charge is 0.497 e. The molecule has 0 aliphatic heterocycles. The zero-order valence-corrected chi connectivity index (χ0v) is 12.7. The van der Waals surface area contributed by atoms with Crippen molar-refractivity contribution in [2.45, 2.75) is 10.6 Å². The molecule has 0 aliphatic carbocycles. The maximum Gasteiger partial charge on any atom is 0.128 e. The van der Waals surface area contributed by atoms with Gasteiger partial charge < -0.3 is 10.5 Å². The molecule has 1 aromatic carbocycles. The van der Waals surface area contributed by atoms with Gasteiger partial charge in [-0.1, -0.05) is 0 Å². The Balaban J connectivity index is 1.86. The lowest BCUT2D eigenvalue weighted by atomic mass is 10.1. The SMILES string of the molecule is COc1ccc2cc(CSc3cnn(C)c3)c(N)nc2c1. The van der Waals surface area contributed by atoms with Crippen molar-refractivity contribution in [3.63, 3.8) is 0 Å². The minimum absolute atomic E-state index is 0.562. The number of rotatable bonds is 4. The van der Waals surface area contributed by atoms with E-state index in [-0.39, 0.29) is 0 Å². The van der Waals surface area contributed by atoms with Gasteiger partial charge in [0.15, 0.2) is 0 Å². The number of aromatic nitrogens is 3. The van der Waals surface area contributed by atoms with Gasteiger partial charge in [-0.15, -0.1) is 11.8 Å². The van der Waals surface area contributed by atoms with E-state index >= 15 is 0 Å². The Kier molecular flexibility index (Phi) is 3.70. The molecule has 0 saturated carbocycles. The van der Waals surface area contributed by atoms with Crippen LogP contribution in [0.1, 0.15) is 5.56 Å². The van der Waals surface area contributed by atoms with Crippen LogP contribution in [0, 0.1) is 0 Å². The highest BCUT2D eigenvalue weighted by Gasteiger charge is 2.07. The molecule has 0 unspecified atom stereocenters. The lowest BCUT2D eigenvalue weighted by Gasteiger charge is -2.07. The van der Waals surface area contributed by atoms with Gasteiger partial charge in [0.25, 0.3) is 0 Å². The van der Waals surface area contributed by atoms with Crippen molar-refractivity contribution >= 4 is 28.5 Å². The number of ether oxygens (including phenoxy) is 1. The van der Waals surface area contributed by atoms with E-state index in [0.29, 0.717) is 5.82 Å². The lowest BCUT2D eigenvalue weighted by molar-refractivity contribution is 0.415. The second-order valence-corrected chi connectivity index (χ2v) is 5.78. The number of anilines is 1. The Bertz CT molecular complexity index is 784. The second kappa shape index (κ2) is 5.65. The molecule has 0 fully saturated rings. The van der Waals surface area contributed by atoms with Gasteiger partial charge in [-0.05, 0) is 18.2 Å². The number of aryl methyl sites for hydroxylation is 1. The van der Waals surface area contributed by atoms with Crippen molar-refractivity contribution in [1.82, 2.24) is 14.8 Å². The van der Waals surface area contributed by atoms with E-state index in [9.17, 15) is 0 Å². The van der Waals surface area contributed by atoms with E-state index in [0.717, 1.165) is 32.9 Å². The number of hydrogen-bond acceptors (Lipinski definition) is 5. The van der Waals surface area contributed by atoms with Crippen molar-refractivity contribution in [1.29, 1.82) is 0 Å².